The Labute approximate surface area is 96.5 Å². The molecule has 0 saturated carbocycles. The van der Waals surface area contributed by atoms with Crippen LogP contribution < -0.4 is 5.56 Å². The third-order valence-electron chi connectivity index (χ3n) is 2.14. The second kappa shape index (κ2) is 3.62. The summed E-state index contributed by atoms with van der Waals surface area (Å²) in [7, 11) is 0. The van der Waals surface area contributed by atoms with E-state index in [-0.39, 0.29) is 9.99 Å². The van der Waals surface area contributed by atoms with Crippen LogP contribution in [0.4, 0.5) is 13.2 Å². The monoisotopic (exact) mass is 291 g/mol. The fraction of sp³-hybridized carbons (Fsp3) is 0.100. The highest BCUT2D eigenvalue weighted by Crippen LogP contribution is 2.34. The Morgan fingerprint density at radius 3 is 2.50 bits per heavy atom. The first kappa shape index (κ1) is 11.2. The van der Waals surface area contributed by atoms with Gasteiger partial charge in [0.1, 0.15) is 0 Å². The number of nitrogens with zero attached hydrogens (tertiary/aromatic N) is 1. The SMILES string of the molecule is O=c1ccc(Br)c2c(C(F)(F)F)cccn12. The summed E-state index contributed by atoms with van der Waals surface area (Å²) >= 11 is 3.01. The van der Waals surface area contributed by atoms with Gasteiger partial charge in [-0.15, -0.1) is 0 Å². The molecular weight excluding hydrogens is 287 g/mol. The number of hydrogen-bond acceptors (Lipinski definition) is 1. The van der Waals surface area contributed by atoms with E-state index in [1.165, 1.54) is 24.4 Å². The maximum absolute atomic E-state index is 12.7. The maximum Gasteiger partial charge on any atom is 0.418 e. The Kier molecular flexibility index (Phi) is 2.53. The fourth-order valence-corrected chi connectivity index (χ4v) is 2.01. The smallest absolute Gasteiger partial charge is 0.283 e. The summed E-state index contributed by atoms with van der Waals surface area (Å²) in [5.74, 6) is 0. The van der Waals surface area contributed by atoms with Crippen molar-refractivity contribution in [2.75, 3.05) is 0 Å². The normalized spacial score (nSPS) is 12.0. The third-order valence-corrected chi connectivity index (χ3v) is 2.78. The van der Waals surface area contributed by atoms with Crippen molar-refractivity contribution >= 4 is 21.4 Å². The van der Waals surface area contributed by atoms with Gasteiger partial charge in [-0.2, -0.15) is 13.2 Å². The summed E-state index contributed by atoms with van der Waals surface area (Å²) < 4.78 is 39.3. The molecule has 0 aromatic carbocycles. The van der Waals surface area contributed by atoms with Crippen molar-refractivity contribution in [2.24, 2.45) is 0 Å². The number of hydrogen-bond donors (Lipinski definition) is 0. The minimum Gasteiger partial charge on any atom is -0.283 e. The van der Waals surface area contributed by atoms with Gasteiger partial charge in [-0.1, -0.05) is 0 Å². The molecule has 0 aliphatic rings. The van der Waals surface area contributed by atoms with Gasteiger partial charge in [-0.05, 0) is 34.1 Å². The van der Waals surface area contributed by atoms with Gasteiger partial charge in [0.05, 0.1) is 11.1 Å². The first-order valence-corrected chi connectivity index (χ1v) is 5.07. The summed E-state index contributed by atoms with van der Waals surface area (Å²) in [6.45, 7) is 0. The second-order valence-electron chi connectivity index (χ2n) is 3.16. The third kappa shape index (κ3) is 1.73. The lowest BCUT2D eigenvalue weighted by molar-refractivity contribution is -0.136. The number of rotatable bonds is 0. The number of halogens is 4. The van der Waals surface area contributed by atoms with E-state index >= 15 is 0 Å². The van der Waals surface area contributed by atoms with Crippen LogP contribution in [-0.4, -0.2) is 4.40 Å². The fourth-order valence-electron chi connectivity index (χ4n) is 1.47. The number of fused-ring (bicyclic) bond motifs is 1. The predicted octanol–water partition coefficient (Wildman–Crippen LogP) is 3.08. The van der Waals surface area contributed by atoms with E-state index in [1.54, 1.807) is 0 Å². The molecule has 2 heterocycles. The molecule has 0 N–H and O–H groups in total. The first-order chi connectivity index (χ1) is 7.41. The van der Waals surface area contributed by atoms with Crippen molar-refractivity contribution in [3.05, 3.63) is 50.9 Å². The van der Waals surface area contributed by atoms with E-state index < -0.39 is 17.3 Å². The zero-order chi connectivity index (χ0) is 11.9. The summed E-state index contributed by atoms with van der Waals surface area (Å²) in [5.41, 5.74) is -1.49. The molecule has 0 bridgehead atoms. The average Bonchev–Trinajstić information content (AvgIpc) is 2.22. The summed E-state index contributed by atoms with van der Waals surface area (Å²) in [6.07, 6.45) is -3.18. The standard InChI is InChI=1S/C10H5BrF3NO/c11-7-3-4-8(16)15-5-1-2-6(9(7)15)10(12,13)14/h1-5H. The lowest BCUT2D eigenvalue weighted by Gasteiger charge is -2.11. The maximum atomic E-state index is 12.7. The van der Waals surface area contributed by atoms with Crippen LogP contribution >= 0.6 is 15.9 Å². The molecule has 0 amide bonds. The lowest BCUT2D eigenvalue weighted by Crippen LogP contribution is -2.16. The molecule has 2 aromatic heterocycles. The minimum atomic E-state index is -4.48. The molecule has 2 nitrogen and oxygen atoms in total. The summed E-state index contributed by atoms with van der Waals surface area (Å²) in [4.78, 5) is 11.4. The number of alkyl halides is 3. The molecule has 2 rings (SSSR count). The van der Waals surface area contributed by atoms with Crippen molar-refractivity contribution in [1.29, 1.82) is 0 Å². The molecular formula is C10H5BrF3NO. The van der Waals surface area contributed by atoms with Gasteiger partial charge in [-0.25, -0.2) is 0 Å². The Hall–Kier alpha value is -1.30. The van der Waals surface area contributed by atoms with Crippen LogP contribution in [0.3, 0.4) is 0 Å². The van der Waals surface area contributed by atoms with Gasteiger partial charge < -0.3 is 0 Å². The molecule has 0 radical (unpaired) electrons. The van der Waals surface area contributed by atoms with Gasteiger partial charge in [0.25, 0.3) is 5.56 Å². The van der Waals surface area contributed by atoms with Crippen LogP contribution in [0.1, 0.15) is 5.56 Å². The van der Waals surface area contributed by atoms with E-state index in [2.05, 4.69) is 15.9 Å². The highest BCUT2D eigenvalue weighted by molar-refractivity contribution is 9.10. The molecule has 2 aromatic rings. The van der Waals surface area contributed by atoms with Gasteiger partial charge in [0.15, 0.2) is 0 Å². The molecule has 0 spiro atoms. The van der Waals surface area contributed by atoms with Crippen molar-refractivity contribution in [1.82, 2.24) is 4.40 Å². The summed E-state index contributed by atoms with van der Waals surface area (Å²) in [6, 6.07) is 4.66. The van der Waals surface area contributed by atoms with Crippen molar-refractivity contribution in [3.8, 4) is 0 Å². The lowest BCUT2D eigenvalue weighted by atomic mass is 10.2. The van der Waals surface area contributed by atoms with Gasteiger partial charge in [-0.3, -0.25) is 9.20 Å². The number of pyridine rings is 2. The van der Waals surface area contributed by atoms with E-state index in [4.69, 9.17) is 0 Å². The van der Waals surface area contributed by atoms with E-state index in [0.29, 0.717) is 0 Å². The number of aromatic nitrogens is 1. The Morgan fingerprint density at radius 2 is 1.88 bits per heavy atom. The van der Waals surface area contributed by atoms with Crippen molar-refractivity contribution in [2.45, 2.75) is 6.18 Å². The second-order valence-corrected chi connectivity index (χ2v) is 4.01. The predicted molar refractivity (Wildman–Crippen MR) is 56.4 cm³/mol. The quantitative estimate of drug-likeness (QED) is 0.731. The van der Waals surface area contributed by atoms with Crippen molar-refractivity contribution < 1.29 is 13.2 Å². The van der Waals surface area contributed by atoms with Crippen LogP contribution in [0.5, 0.6) is 0 Å². The topological polar surface area (TPSA) is 21.5 Å². The van der Waals surface area contributed by atoms with Crippen molar-refractivity contribution in [3.63, 3.8) is 0 Å². The molecule has 16 heavy (non-hydrogen) atoms. The minimum absolute atomic E-state index is 0.164. The molecule has 0 aliphatic heterocycles. The molecule has 0 fully saturated rings. The zero-order valence-corrected chi connectivity index (χ0v) is 9.34. The largest absolute Gasteiger partial charge is 0.418 e. The first-order valence-electron chi connectivity index (χ1n) is 4.28. The summed E-state index contributed by atoms with van der Waals surface area (Å²) in [5, 5.41) is 0. The highest BCUT2D eigenvalue weighted by Gasteiger charge is 2.33. The zero-order valence-electron chi connectivity index (χ0n) is 7.75. The molecule has 0 aliphatic carbocycles. The van der Waals surface area contributed by atoms with Crippen LogP contribution in [-0.2, 0) is 6.18 Å². The van der Waals surface area contributed by atoms with Crippen LogP contribution in [0.2, 0.25) is 0 Å². The molecule has 0 unspecified atom stereocenters. The van der Waals surface area contributed by atoms with Gasteiger partial charge in [0, 0.05) is 16.7 Å². The van der Waals surface area contributed by atoms with Gasteiger partial charge in [0.2, 0.25) is 0 Å². The Morgan fingerprint density at radius 1 is 1.19 bits per heavy atom. The Bertz CT molecular complexity index is 603. The van der Waals surface area contributed by atoms with E-state index in [1.807, 2.05) is 0 Å². The van der Waals surface area contributed by atoms with E-state index in [0.717, 1.165) is 10.5 Å². The van der Waals surface area contributed by atoms with E-state index in [9.17, 15) is 18.0 Å². The van der Waals surface area contributed by atoms with Crippen LogP contribution in [0.25, 0.3) is 5.52 Å². The molecule has 6 heteroatoms. The molecule has 0 saturated heterocycles. The highest BCUT2D eigenvalue weighted by atomic mass is 79.9. The van der Waals surface area contributed by atoms with Crippen LogP contribution in [0, 0.1) is 0 Å². The van der Waals surface area contributed by atoms with Crippen LogP contribution in [0.15, 0.2) is 39.7 Å². The average molecular weight is 292 g/mol. The molecule has 0 atom stereocenters. The molecule has 84 valence electrons. The Balaban J connectivity index is 2.98. The van der Waals surface area contributed by atoms with Gasteiger partial charge >= 0.3 is 6.18 Å².